The molecule has 0 aromatic carbocycles. The quantitative estimate of drug-likeness (QED) is 0.749. The Morgan fingerprint density at radius 3 is 2.21 bits per heavy atom. The maximum absolute atomic E-state index is 9.97. The van der Waals surface area contributed by atoms with Gasteiger partial charge in [-0.2, -0.15) is 0 Å². The minimum absolute atomic E-state index is 0.00245. The molecule has 2 heteroatoms. The van der Waals surface area contributed by atoms with E-state index in [4.69, 9.17) is 0 Å². The number of aliphatic hydroxyl groups excluding tert-OH is 1. The summed E-state index contributed by atoms with van der Waals surface area (Å²) in [7, 11) is 2.12. The zero-order valence-electron chi connectivity index (χ0n) is 10.2. The van der Waals surface area contributed by atoms with Crippen LogP contribution in [-0.2, 0) is 0 Å². The molecule has 0 amide bonds. The van der Waals surface area contributed by atoms with E-state index in [1.165, 1.54) is 12.8 Å². The number of nitrogens with zero attached hydrogens (tertiary/aromatic N) is 1. The Bertz CT molecular complexity index is 181. The van der Waals surface area contributed by atoms with Crippen LogP contribution >= 0.6 is 0 Å². The van der Waals surface area contributed by atoms with E-state index >= 15 is 0 Å². The van der Waals surface area contributed by atoms with E-state index in [1.54, 1.807) is 0 Å². The predicted octanol–water partition coefficient (Wildman–Crippen LogP) is 2.12. The fourth-order valence-corrected chi connectivity index (χ4v) is 1.65. The Hall–Kier alpha value is -0.0800. The standard InChI is InChI=1S/C12H25NO/c1-9(10-6-7-10)13(5)8-11(14)12(2,3)4/h9-11,14H,6-8H2,1-5H3. The second-order valence-electron chi connectivity index (χ2n) is 5.90. The lowest BCUT2D eigenvalue weighted by atomic mass is 9.88. The van der Waals surface area contributed by atoms with E-state index in [2.05, 4.69) is 39.6 Å². The van der Waals surface area contributed by atoms with E-state index in [0.717, 1.165) is 12.5 Å². The molecule has 1 N–H and O–H groups in total. The Labute approximate surface area is 88.3 Å². The molecular weight excluding hydrogens is 174 g/mol. The Kier molecular flexibility index (Phi) is 3.59. The van der Waals surface area contributed by atoms with Gasteiger partial charge in [0.05, 0.1) is 6.10 Å². The van der Waals surface area contributed by atoms with Gasteiger partial charge >= 0.3 is 0 Å². The first-order valence-corrected chi connectivity index (χ1v) is 5.70. The molecule has 0 bridgehead atoms. The van der Waals surface area contributed by atoms with Crippen LogP contribution in [0.25, 0.3) is 0 Å². The van der Waals surface area contributed by atoms with Crippen molar-refractivity contribution < 1.29 is 5.11 Å². The van der Waals surface area contributed by atoms with Crippen molar-refractivity contribution in [1.29, 1.82) is 0 Å². The lowest BCUT2D eigenvalue weighted by Crippen LogP contribution is -2.42. The third-order valence-electron chi connectivity index (χ3n) is 3.46. The molecule has 1 fully saturated rings. The predicted molar refractivity (Wildman–Crippen MR) is 60.3 cm³/mol. The first-order valence-electron chi connectivity index (χ1n) is 5.70. The highest BCUT2D eigenvalue weighted by Gasteiger charge is 2.32. The average molecular weight is 199 g/mol. The lowest BCUT2D eigenvalue weighted by Gasteiger charge is -2.33. The largest absolute Gasteiger partial charge is 0.391 e. The first-order chi connectivity index (χ1) is 6.32. The van der Waals surface area contributed by atoms with Crippen LogP contribution in [0.5, 0.6) is 0 Å². The van der Waals surface area contributed by atoms with Crippen molar-refractivity contribution in [2.24, 2.45) is 11.3 Å². The molecule has 0 radical (unpaired) electrons. The summed E-state index contributed by atoms with van der Waals surface area (Å²) in [6, 6.07) is 0.631. The zero-order valence-corrected chi connectivity index (χ0v) is 10.2. The van der Waals surface area contributed by atoms with E-state index < -0.39 is 0 Å². The number of hydrogen-bond acceptors (Lipinski definition) is 2. The van der Waals surface area contributed by atoms with Crippen molar-refractivity contribution >= 4 is 0 Å². The summed E-state index contributed by atoms with van der Waals surface area (Å²) in [5.74, 6) is 0.882. The van der Waals surface area contributed by atoms with Crippen molar-refractivity contribution in [2.75, 3.05) is 13.6 Å². The second kappa shape index (κ2) is 4.19. The number of rotatable bonds is 4. The highest BCUT2D eigenvalue weighted by Crippen LogP contribution is 2.35. The highest BCUT2D eigenvalue weighted by atomic mass is 16.3. The zero-order chi connectivity index (χ0) is 10.9. The van der Waals surface area contributed by atoms with Gasteiger partial charge in [-0.1, -0.05) is 20.8 Å². The molecule has 0 spiro atoms. The smallest absolute Gasteiger partial charge is 0.0715 e. The van der Waals surface area contributed by atoms with Crippen LogP contribution < -0.4 is 0 Å². The molecule has 1 aliphatic rings. The molecule has 1 aliphatic carbocycles. The molecule has 2 unspecified atom stereocenters. The molecule has 2 nitrogen and oxygen atoms in total. The van der Waals surface area contributed by atoms with Crippen molar-refractivity contribution in [2.45, 2.75) is 52.7 Å². The topological polar surface area (TPSA) is 23.5 Å². The highest BCUT2D eigenvalue weighted by molar-refractivity contribution is 4.86. The first kappa shape index (κ1) is 12.0. The fourth-order valence-electron chi connectivity index (χ4n) is 1.65. The van der Waals surface area contributed by atoms with Gasteiger partial charge in [0.1, 0.15) is 0 Å². The monoisotopic (exact) mass is 199 g/mol. The van der Waals surface area contributed by atoms with Crippen molar-refractivity contribution in [3.63, 3.8) is 0 Å². The summed E-state index contributed by atoms with van der Waals surface area (Å²) in [5.41, 5.74) is -0.00245. The molecule has 0 aromatic rings. The molecule has 84 valence electrons. The summed E-state index contributed by atoms with van der Waals surface area (Å²) in [4.78, 5) is 2.30. The number of hydrogen-bond donors (Lipinski definition) is 1. The van der Waals surface area contributed by atoms with Crippen molar-refractivity contribution in [3.05, 3.63) is 0 Å². The van der Waals surface area contributed by atoms with Crippen LogP contribution in [0.15, 0.2) is 0 Å². The number of aliphatic hydroxyl groups is 1. The molecule has 2 atom stereocenters. The van der Waals surface area contributed by atoms with Crippen LogP contribution in [0.3, 0.4) is 0 Å². The van der Waals surface area contributed by atoms with Crippen molar-refractivity contribution in [1.82, 2.24) is 4.90 Å². The second-order valence-corrected chi connectivity index (χ2v) is 5.90. The van der Waals surface area contributed by atoms with Gasteiger partial charge in [-0.15, -0.1) is 0 Å². The Balaban J connectivity index is 2.35. The molecule has 0 aliphatic heterocycles. The van der Waals surface area contributed by atoms with Gasteiger partial charge in [0.25, 0.3) is 0 Å². The van der Waals surface area contributed by atoms with Crippen molar-refractivity contribution in [3.8, 4) is 0 Å². The Morgan fingerprint density at radius 2 is 1.86 bits per heavy atom. The van der Waals surface area contributed by atoms with Crippen LogP contribution in [-0.4, -0.2) is 35.7 Å². The van der Waals surface area contributed by atoms with Gasteiger partial charge in [-0.25, -0.2) is 0 Å². The molecule has 1 saturated carbocycles. The molecule has 0 heterocycles. The Morgan fingerprint density at radius 1 is 1.36 bits per heavy atom. The van der Waals surface area contributed by atoms with Gasteiger partial charge in [0, 0.05) is 12.6 Å². The molecule has 14 heavy (non-hydrogen) atoms. The van der Waals surface area contributed by atoms with E-state index in [-0.39, 0.29) is 11.5 Å². The summed E-state index contributed by atoms with van der Waals surface area (Å²) >= 11 is 0. The van der Waals surface area contributed by atoms with Crippen LogP contribution in [0.4, 0.5) is 0 Å². The van der Waals surface area contributed by atoms with Gasteiger partial charge in [0.2, 0.25) is 0 Å². The van der Waals surface area contributed by atoms with Crippen LogP contribution in [0, 0.1) is 11.3 Å². The van der Waals surface area contributed by atoms with E-state index in [9.17, 15) is 5.11 Å². The molecular formula is C12H25NO. The fraction of sp³-hybridized carbons (Fsp3) is 1.00. The summed E-state index contributed by atoms with van der Waals surface area (Å²) in [6.45, 7) is 9.34. The van der Waals surface area contributed by atoms with Gasteiger partial charge < -0.3 is 10.0 Å². The third kappa shape index (κ3) is 3.25. The lowest BCUT2D eigenvalue weighted by molar-refractivity contribution is 0.0238. The van der Waals surface area contributed by atoms with Gasteiger partial charge in [-0.05, 0) is 38.1 Å². The van der Waals surface area contributed by atoms with Gasteiger partial charge in [-0.3, -0.25) is 0 Å². The van der Waals surface area contributed by atoms with Crippen LogP contribution in [0.2, 0.25) is 0 Å². The maximum Gasteiger partial charge on any atom is 0.0715 e. The molecule has 1 rings (SSSR count). The summed E-state index contributed by atoms with van der Waals surface area (Å²) in [6.07, 6.45) is 2.52. The van der Waals surface area contributed by atoms with Crippen LogP contribution in [0.1, 0.15) is 40.5 Å². The molecule has 0 saturated heterocycles. The average Bonchev–Trinajstić information content (AvgIpc) is 2.83. The SMILES string of the molecule is CC(C1CC1)N(C)CC(O)C(C)(C)C. The van der Waals surface area contributed by atoms with E-state index in [1.807, 2.05) is 0 Å². The third-order valence-corrected chi connectivity index (χ3v) is 3.46. The van der Waals surface area contributed by atoms with E-state index in [0.29, 0.717) is 6.04 Å². The number of likely N-dealkylation sites (N-methyl/N-ethyl adjacent to an activating group) is 1. The maximum atomic E-state index is 9.97. The minimum Gasteiger partial charge on any atom is -0.391 e. The molecule has 0 aromatic heterocycles. The van der Waals surface area contributed by atoms with Gasteiger partial charge in [0.15, 0.2) is 0 Å². The summed E-state index contributed by atoms with van der Waals surface area (Å²) < 4.78 is 0. The minimum atomic E-state index is -0.228. The normalized spacial score (nSPS) is 22.5. The summed E-state index contributed by atoms with van der Waals surface area (Å²) in [5, 5.41) is 9.97.